The zero-order valence-corrected chi connectivity index (χ0v) is 20.2. The highest BCUT2D eigenvalue weighted by Gasteiger charge is 2.26. The zero-order chi connectivity index (χ0) is 25.1. The number of hydrogen-bond donors (Lipinski definition) is 3. The van der Waals surface area contributed by atoms with Crippen molar-refractivity contribution in [3.05, 3.63) is 53.1 Å². The minimum Gasteiger partial charge on any atom is -0.391 e. The molecule has 9 heteroatoms. The summed E-state index contributed by atoms with van der Waals surface area (Å²) in [5.74, 6) is 0.563. The fourth-order valence-electron chi connectivity index (χ4n) is 4.17. The molecule has 1 aromatic heterocycles. The highest BCUT2D eigenvalue weighted by atomic mass is 16.5. The minimum absolute atomic E-state index is 0.205. The molecule has 0 fully saturated rings. The average Bonchev–Trinajstić information content (AvgIpc) is 3.24. The van der Waals surface area contributed by atoms with Crippen molar-refractivity contribution in [3.8, 4) is 28.9 Å². The number of carbonyl (C=O) groups excluding carboxylic acids is 1. The van der Waals surface area contributed by atoms with Gasteiger partial charge in [0.25, 0.3) is 5.89 Å². The number of fused-ring (bicyclic) bond motifs is 1. The number of anilines is 1. The lowest BCUT2D eigenvalue weighted by Crippen LogP contribution is -2.49. The van der Waals surface area contributed by atoms with Gasteiger partial charge in [0.15, 0.2) is 0 Å². The van der Waals surface area contributed by atoms with E-state index in [-0.39, 0.29) is 11.9 Å². The highest BCUT2D eigenvalue weighted by Crippen LogP contribution is 2.28. The van der Waals surface area contributed by atoms with Crippen LogP contribution in [-0.4, -0.2) is 57.3 Å². The summed E-state index contributed by atoms with van der Waals surface area (Å²) in [7, 11) is 0. The molecule has 2 atom stereocenters. The third kappa shape index (κ3) is 5.34. The largest absolute Gasteiger partial charge is 0.391 e. The van der Waals surface area contributed by atoms with Gasteiger partial charge < -0.3 is 25.6 Å². The zero-order valence-electron chi connectivity index (χ0n) is 20.2. The standard InChI is InChI=1S/C26H30N6O3/c1-15(2)29-22-7-6-20(13-21(22)14-27)25-30-24(31-35-25)19-5-4-17-8-10-32(11-9-18(17)12-19)26(34)23(28)16(3)33/h4-7,12-13,15-16,23,29,33H,8-11,28H2,1-3H3/t16-,23+/m1/s1. The summed E-state index contributed by atoms with van der Waals surface area (Å²) in [6, 6.07) is 12.9. The Morgan fingerprint density at radius 2 is 1.86 bits per heavy atom. The van der Waals surface area contributed by atoms with Gasteiger partial charge in [-0.05, 0) is 69.0 Å². The van der Waals surface area contributed by atoms with Crippen molar-refractivity contribution in [2.45, 2.75) is 51.8 Å². The van der Waals surface area contributed by atoms with Crippen molar-refractivity contribution in [2.75, 3.05) is 18.4 Å². The van der Waals surface area contributed by atoms with E-state index in [9.17, 15) is 15.2 Å². The molecule has 1 aliphatic heterocycles. The molecule has 3 aromatic rings. The summed E-state index contributed by atoms with van der Waals surface area (Å²) in [6.07, 6.45) is 0.486. The van der Waals surface area contributed by atoms with Gasteiger partial charge in [0, 0.05) is 30.3 Å². The SMILES string of the molecule is CC(C)Nc1ccc(-c2nc(-c3ccc4c(c3)CCN(C(=O)[C@@H](N)[C@@H](C)O)CC4)no2)cc1C#N. The highest BCUT2D eigenvalue weighted by molar-refractivity contribution is 5.82. The maximum absolute atomic E-state index is 12.6. The van der Waals surface area contributed by atoms with E-state index in [4.69, 9.17) is 10.3 Å². The first-order chi connectivity index (χ1) is 16.8. The molecule has 0 bridgehead atoms. The molecule has 1 amide bonds. The summed E-state index contributed by atoms with van der Waals surface area (Å²) in [5, 5.41) is 26.6. The van der Waals surface area contributed by atoms with Crippen LogP contribution in [0.15, 0.2) is 40.9 Å². The Hall–Kier alpha value is -3.74. The quantitative estimate of drug-likeness (QED) is 0.495. The van der Waals surface area contributed by atoms with Crippen LogP contribution in [0.2, 0.25) is 0 Å². The van der Waals surface area contributed by atoms with E-state index in [1.165, 1.54) is 6.92 Å². The number of amides is 1. The number of aromatic nitrogens is 2. The molecule has 35 heavy (non-hydrogen) atoms. The Balaban J connectivity index is 1.53. The number of hydrogen-bond acceptors (Lipinski definition) is 8. The third-order valence-electron chi connectivity index (χ3n) is 6.14. The fraction of sp³-hybridized carbons (Fsp3) is 0.385. The second-order valence-electron chi connectivity index (χ2n) is 9.17. The number of benzene rings is 2. The van der Waals surface area contributed by atoms with Gasteiger partial charge in [-0.25, -0.2) is 0 Å². The van der Waals surface area contributed by atoms with Crippen LogP contribution in [0.25, 0.3) is 22.8 Å². The van der Waals surface area contributed by atoms with Gasteiger partial charge in [0.05, 0.1) is 17.4 Å². The average molecular weight is 475 g/mol. The fourth-order valence-corrected chi connectivity index (χ4v) is 4.17. The molecule has 182 valence electrons. The number of rotatable bonds is 6. The van der Waals surface area contributed by atoms with Crippen molar-refractivity contribution in [1.29, 1.82) is 5.26 Å². The van der Waals surface area contributed by atoms with Gasteiger partial charge in [-0.1, -0.05) is 17.3 Å². The van der Waals surface area contributed by atoms with Crippen LogP contribution in [0.3, 0.4) is 0 Å². The molecule has 0 aliphatic carbocycles. The monoisotopic (exact) mass is 474 g/mol. The summed E-state index contributed by atoms with van der Waals surface area (Å²) in [4.78, 5) is 18.8. The molecule has 0 radical (unpaired) electrons. The maximum atomic E-state index is 12.6. The lowest BCUT2D eigenvalue weighted by atomic mass is 10.00. The van der Waals surface area contributed by atoms with Crippen molar-refractivity contribution in [3.63, 3.8) is 0 Å². The normalized spacial score (nSPS) is 15.2. The van der Waals surface area contributed by atoms with Gasteiger partial charge in [-0.2, -0.15) is 10.2 Å². The summed E-state index contributed by atoms with van der Waals surface area (Å²) in [6.45, 7) is 6.64. The second kappa shape index (κ2) is 10.3. The van der Waals surface area contributed by atoms with Crippen molar-refractivity contribution >= 4 is 11.6 Å². The maximum Gasteiger partial charge on any atom is 0.258 e. The third-order valence-corrected chi connectivity index (χ3v) is 6.14. The van der Waals surface area contributed by atoms with Crippen LogP contribution in [0, 0.1) is 11.3 Å². The topological polar surface area (TPSA) is 141 Å². The summed E-state index contributed by atoms with van der Waals surface area (Å²) >= 11 is 0. The molecule has 0 saturated heterocycles. The molecule has 9 nitrogen and oxygen atoms in total. The predicted octanol–water partition coefficient (Wildman–Crippen LogP) is 2.73. The molecule has 0 spiro atoms. The van der Waals surface area contributed by atoms with Gasteiger partial charge in [0.2, 0.25) is 11.7 Å². The van der Waals surface area contributed by atoms with Crippen LogP contribution in [-0.2, 0) is 17.6 Å². The molecular formula is C26H30N6O3. The van der Waals surface area contributed by atoms with Crippen LogP contribution in [0.5, 0.6) is 0 Å². The van der Waals surface area contributed by atoms with Gasteiger partial charge in [0.1, 0.15) is 12.1 Å². The molecule has 4 N–H and O–H groups in total. The number of nitrogens with one attached hydrogen (secondary N) is 1. The van der Waals surface area contributed by atoms with Crippen molar-refractivity contribution < 1.29 is 14.4 Å². The van der Waals surface area contributed by atoms with Crippen LogP contribution in [0.4, 0.5) is 5.69 Å². The van der Waals surface area contributed by atoms with Crippen LogP contribution in [0.1, 0.15) is 37.5 Å². The minimum atomic E-state index is -0.915. The van der Waals surface area contributed by atoms with E-state index < -0.39 is 12.1 Å². The first-order valence-electron chi connectivity index (χ1n) is 11.8. The van der Waals surface area contributed by atoms with E-state index in [1.807, 2.05) is 44.2 Å². The van der Waals surface area contributed by atoms with E-state index in [1.54, 1.807) is 11.0 Å². The number of nitrogens with zero attached hydrogens (tertiary/aromatic N) is 4. The van der Waals surface area contributed by atoms with Crippen molar-refractivity contribution in [2.24, 2.45) is 5.73 Å². The summed E-state index contributed by atoms with van der Waals surface area (Å²) in [5.41, 5.74) is 10.9. The number of aliphatic hydroxyl groups excluding tert-OH is 1. The lowest BCUT2D eigenvalue weighted by molar-refractivity contribution is -0.134. The molecule has 0 unspecified atom stereocenters. The van der Waals surface area contributed by atoms with Gasteiger partial charge >= 0.3 is 0 Å². The van der Waals surface area contributed by atoms with Gasteiger partial charge in [-0.15, -0.1) is 0 Å². The van der Waals surface area contributed by atoms with Crippen LogP contribution >= 0.6 is 0 Å². The number of nitriles is 1. The van der Waals surface area contributed by atoms with Crippen LogP contribution < -0.4 is 11.1 Å². The van der Waals surface area contributed by atoms with E-state index >= 15 is 0 Å². The second-order valence-corrected chi connectivity index (χ2v) is 9.17. The lowest BCUT2D eigenvalue weighted by Gasteiger charge is -2.25. The Kier molecular flexibility index (Phi) is 7.15. The number of aliphatic hydroxyl groups is 1. The number of nitrogens with two attached hydrogens (primary N) is 1. The van der Waals surface area contributed by atoms with E-state index in [0.717, 1.165) is 22.4 Å². The van der Waals surface area contributed by atoms with E-state index in [2.05, 4.69) is 21.5 Å². The molecular weight excluding hydrogens is 444 g/mol. The molecule has 2 aromatic carbocycles. The first-order valence-corrected chi connectivity index (χ1v) is 11.8. The smallest absolute Gasteiger partial charge is 0.258 e. The van der Waals surface area contributed by atoms with Crippen molar-refractivity contribution in [1.82, 2.24) is 15.0 Å². The Morgan fingerprint density at radius 1 is 1.14 bits per heavy atom. The first kappa shape index (κ1) is 24.4. The van der Waals surface area contributed by atoms with Gasteiger partial charge in [-0.3, -0.25) is 4.79 Å². The molecule has 0 saturated carbocycles. The predicted molar refractivity (Wildman–Crippen MR) is 132 cm³/mol. The number of carbonyl (C=O) groups is 1. The summed E-state index contributed by atoms with van der Waals surface area (Å²) < 4.78 is 5.51. The Labute approximate surface area is 204 Å². The van der Waals surface area contributed by atoms with E-state index in [0.29, 0.717) is 48.8 Å². The molecule has 4 rings (SSSR count). The Bertz CT molecular complexity index is 1260. The Morgan fingerprint density at radius 3 is 2.54 bits per heavy atom. The molecule has 1 aliphatic rings. The molecule has 2 heterocycles.